The van der Waals surface area contributed by atoms with Crippen LogP contribution in [0.4, 0.5) is 28.8 Å². The lowest BCUT2D eigenvalue weighted by Gasteiger charge is -2.14. The first-order chi connectivity index (χ1) is 16.9. The molecule has 2 amide bonds. The maximum Gasteiger partial charge on any atom is 0.260 e. The molecule has 2 aromatic carbocycles. The van der Waals surface area contributed by atoms with Crippen LogP contribution in [-0.2, 0) is 4.79 Å². The van der Waals surface area contributed by atoms with Gasteiger partial charge in [0.05, 0.1) is 11.6 Å². The van der Waals surface area contributed by atoms with Gasteiger partial charge in [0.25, 0.3) is 5.91 Å². The monoisotopic (exact) mass is 471 g/mol. The molecule has 4 N–H and O–H groups in total. The number of rotatable bonds is 10. The minimum atomic E-state index is -0.376. The number of aromatic nitrogens is 2. The van der Waals surface area contributed by atoms with Crippen molar-refractivity contribution in [2.24, 2.45) is 5.92 Å². The molecule has 9 heteroatoms. The molecule has 35 heavy (non-hydrogen) atoms. The van der Waals surface area contributed by atoms with Gasteiger partial charge in [-0.25, -0.2) is 4.98 Å². The standard InChI is InChI=1S/C26H29N7O2/c1-4-13-28-23-22(16-29-26(33-23)32-19-11-9-18(15-27)10-12-19)25(35)31-21-8-6-7-20(14-21)30-24(34)17(3)5-2/h6-12,14,16-17H,4-5,13H2,1-3H3,(H,30,34)(H,31,35)(H2,28,29,32,33)/t17-/m1/s1. The molecular weight excluding hydrogens is 442 g/mol. The molecule has 1 heterocycles. The third-order valence-corrected chi connectivity index (χ3v) is 5.29. The third kappa shape index (κ3) is 7.01. The van der Waals surface area contributed by atoms with Gasteiger partial charge < -0.3 is 21.3 Å². The second kappa shape index (κ2) is 12.1. The molecule has 0 bridgehead atoms. The summed E-state index contributed by atoms with van der Waals surface area (Å²) in [5.74, 6) is 0.171. The maximum absolute atomic E-state index is 13.1. The molecule has 3 rings (SSSR count). The number of anilines is 5. The van der Waals surface area contributed by atoms with Crippen LogP contribution in [0.25, 0.3) is 0 Å². The van der Waals surface area contributed by atoms with Gasteiger partial charge in [0.1, 0.15) is 11.4 Å². The zero-order valence-corrected chi connectivity index (χ0v) is 20.1. The summed E-state index contributed by atoms with van der Waals surface area (Å²) < 4.78 is 0. The Kier molecular flexibility index (Phi) is 8.73. The molecule has 0 saturated carbocycles. The van der Waals surface area contributed by atoms with Gasteiger partial charge in [-0.05, 0) is 55.3 Å². The van der Waals surface area contributed by atoms with E-state index in [0.717, 1.165) is 18.5 Å². The molecule has 0 spiro atoms. The van der Waals surface area contributed by atoms with Gasteiger partial charge in [-0.15, -0.1) is 0 Å². The summed E-state index contributed by atoms with van der Waals surface area (Å²) in [4.78, 5) is 34.0. The highest BCUT2D eigenvalue weighted by Gasteiger charge is 2.16. The first-order valence-electron chi connectivity index (χ1n) is 11.5. The average Bonchev–Trinajstić information content (AvgIpc) is 2.87. The number of carbonyl (C=O) groups is 2. The van der Waals surface area contributed by atoms with Gasteiger partial charge in [0, 0.05) is 35.7 Å². The fourth-order valence-corrected chi connectivity index (χ4v) is 3.07. The van der Waals surface area contributed by atoms with Crippen LogP contribution in [0.1, 0.15) is 49.5 Å². The van der Waals surface area contributed by atoms with E-state index in [1.807, 2.05) is 20.8 Å². The Morgan fingerprint density at radius 3 is 2.40 bits per heavy atom. The van der Waals surface area contributed by atoms with E-state index in [0.29, 0.717) is 35.2 Å². The van der Waals surface area contributed by atoms with Crippen molar-refractivity contribution >= 4 is 40.6 Å². The van der Waals surface area contributed by atoms with E-state index in [1.54, 1.807) is 48.5 Å². The fraction of sp³-hybridized carbons (Fsp3) is 0.269. The Hall–Kier alpha value is -4.45. The van der Waals surface area contributed by atoms with E-state index in [9.17, 15) is 9.59 Å². The molecule has 0 aliphatic heterocycles. The normalized spacial score (nSPS) is 11.1. The van der Waals surface area contributed by atoms with E-state index in [4.69, 9.17) is 5.26 Å². The van der Waals surface area contributed by atoms with Crippen molar-refractivity contribution in [1.82, 2.24) is 9.97 Å². The van der Waals surface area contributed by atoms with Crippen LogP contribution in [0.15, 0.2) is 54.7 Å². The van der Waals surface area contributed by atoms with Gasteiger partial charge in [-0.3, -0.25) is 9.59 Å². The van der Waals surface area contributed by atoms with Crippen LogP contribution in [0.2, 0.25) is 0 Å². The molecule has 1 atom stereocenters. The van der Waals surface area contributed by atoms with Gasteiger partial charge in [0.15, 0.2) is 0 Å². The molecule has 0 saturated heterocycles. The number of amides is 2. The Labute approximate surface area is 205 Å². The van der Waals surface area contributed by atoms with Crippen molar-refractivity contribution in [3.8, 4) is 6.07 Å². The first kappa shape index (κ1) is 25.2. The Morgan fingerprint density at radius 2 is 1.74 bits per heavy atom. The summed E-state index contributed by atoms with van der Waals surface area (Å²) in [6.07, 6.45) is 3.05. The molecule has 3 aromatic rings. The Balaban J connectivity index is 1.77. The Morgan fingerprint density at radius 1 is 1.03 bits per heavy atom. The van der Waals surface area contributed by atoms with Crippen molar-refractivity contribution in [3.63, 3.8) is 0 Å². The van der Waals surface area contributed by atoms with E-state index in [-0.39, 0.29) is 23.3 Å². The largest absolute Gasteiger partial charge is 0.369 e. The average molecular weight is 472 g/mol. The maximum atomic E-state index is 13.1. The third-order valence-electron chi connectivity index (χ3n) is 5.29. The topological polar surface area (TPSA) is 132 Å². The van der Waals surface area contributed by atoms with Gasteiger partial charge >= 0.3 is 0 Å². The van der Waals surface area contributed by atoms with Crippen LogP contribution in [0.5, 0.6) is 0 Å². The molecule has 0 radical (unpaired) electrons. The highest BCUT2D eigenvalue weighted by Crippen LogP contribution is 2.21. The molecule has 0 fully saturated rings. The van der Waals surface area contributed by atoms with E-state index < -0.39 is 0 Å². The lowest BCUT2D eigenvalue weighted by molar-refractivity contribution is -0.119. The zero-order valence-electron chi connectivity index (χ0n) is 20.1. The van der Waals surface area contributed by atoms with Gasteiger partial charge in [-0.2, -0.15) is 10.2 Å². The van der Waals surface area contributed by atoms with Gasteiger partial charge in [-0.1, -0.05) is 26.8 Å². The van der Waals surface area contributed by atoms with Crippen molar-refractivity contribution in [3.05, 3.63) is 65.9 Å². The highest BCUT2D eigenvalue weighted by molar-refractivity contribution is 6.07. The molecule has 0 unspecified atom stereocenters. The predicted octanol–water partition coefficient (Wildman–Crippen LogP) is 5.15. The van der Waals surface area contributed by atoms with E-state index in [2.05, 4.69) is 37.3 Å². The number of nitrogens with one attached hydrogen (secondary N) is 4. The zero-order chi connectivity index (χ0) is 25.2. The van der Waals surface area contributed by atoms with Crippen molar-refractivity contribution in [1.29, 1.82) is 5.26 Å². The van der Waals surface area contributed by atoms with Crippen molar-refractivity contribution in [2.75, 3.05) is 27.8 Å². The number of benzene rings is 2. The summed E-state index contributed by atoms with van der Waals surface area (Å²) in [6, 6.07) is 16.0. The quantitative estimate of drug-likeness (QED) is 0.321. The highest BCUT2D eigenvalue weighted by atomic mass is 16.2. The van der Waals surface area contributed by atoms with Crippen LogP contribution in [0.3, 0.4) is 0 Å². The van der Waals surface area contributed by atoms with Crippen molar-refractivity contribution in [2.45, 2.75) is 33.6 Å². The van der Waals surface area contributed by atoms with Crippen LogP contribution < -0.4 is 21.3 Å². The van der Waals surface area contributed by atoms with E-state index in [1.165, 1.54) is 6.20 Å². The molecule has 180 valence electrons. The lowest BCUT2D eigenvalue weighted by Crippen LogP contribution is -2.20. The van der Waals surface area contributed by atoms with Crippen LogP contribution in [-0.4, -0.2) is 28.3 Å². The summed E-state index contributed by atoms with van der Waals surface area (Å²) in [6.45, 7) is 6.47. The molecule has 1 aromatic heterocycles. The molecule has 0 aliphatic rings. The summed E-state index contributed by atoms with van der Waals surface area (Å²) >= 11 is 0. The summed E-state index contributed by atoms with van der Waals surface area (Å²) in [7, 11) is 0. The number of hydrogen-bond donors (Lipinski definition) is 4. The number of hydrogen-bond acceptors (Lipinski definition) is 7. The fourth-order valence-electron chi connectivity index (χ4n) is 3.07. The number of nitrogens with zero attached hydrogens (tertiary/aromatic N) is 3. The second-order valence-corrected chi connectivity index (χ2v) is 8.03. The smallest absolute Gasteiger partial charge is 0.260 e. The SMILES string of the molecule is CCCNc1nc(Nc2ccc(C#N)cc2)ncc1C(=O)Nc1cccc(NC(=O)[C@H](C)CC)c1. The van der Waals surface area contributed by atoms with E-state index >= 15 is 0 Å². The lowest BCUT2D eigenvalue weighted by atomic mass is 10.1. The summed E-state index contributed by atoms with van der Waals surface area (Å²) in [5.41, 5.74) is 2.71. The van der Waals surface area contributed by atoms with Crippen molar-refractivity contribution < 1.29 is 9.59 Å². The van der Waals surface area contributed by atoms with Gasteiger partial charge in [0.2, 0.25) is 11.9 Å². The number of nitriles is 1. The number of carbonyl (C=O) groups excluding carboxylic acids is 2. The Bertz CT molecular complexity index is 1220. The molecular formula is C26H29N7O2. The van der Waals surface area contributed by atoms with Crippen LogP contribution in [0, 0.1) is 17.2 Å². The molecule has 0 aliphatic carbocycles. The first-order valence-corrected chi connectivity index (χ1v) is 11.5. The second-order valence-electron chi connectivity index (χ2n) is 8.03. The minimum Gasteiger partial charge on any atom is -0.369 e. The summed E-state index contributed by atoms with van der Waals surface area (Å²) in [5, 5.41) is 20.9. The van der Waals surface area contributed by atoms with Crippen LogP contribution >= 0.6 is 0 Å². The predicted molar refractivity (Wildman–Crippen MR) is 138 cm³/mol. The minimum absolute atomic E-state index is 0.0687. The molecule has 9 nitrogen and oxygen atoms in total.